The van der Waals surface area contributed by atoms with Crippen molar-refractivity contribution in [3.63, 3.8) is 0 Å². The van der Waals surface area contributed by atoms with Gasteiger partial charge in [-0.1, -0.05) is 23.9 Å². The first-order chi connectivity index (χ1) is 11.2. The largest absolute Gasteiger partial charge is 0.368 e. The maximum Gasteiger partial charge on any atom is 0.233 e. The summed E-state index contributed by atoms with van der Waals surface area (Å²) in [6.45, 7) is 1.05. The van der Waals surface area contributed by atoms with E-state index >= 15 is 0 Å². The number of aromatic nitrogens is 3. The Morgan fingerprint density at radius 1 is 1.30 bits per heavy atom. The van der Waals surface area contributed by atoms with Gasteiger partial charge < -0.3 is 10.6 Å². The molecule has 116 valence electrons. The highest BCUT2D eigenvalue weighted by atomic mass is 32.2. The molecule has 8 heteroatoms. The maximum atomic E-state index is 12.4. The fraction of sp³-hybridized carbons (Fsp3) is 0.200. The fourth-order valence-electron chi connectivity index (χ4n) is 2.47. The number of carbonyl (C=O) groups is 1. The minimum Gasteiger partial charge on any atom is -0.368 e. The molecule has 3 aromatic rings. The number of fused-ring (bicyclic) bond motifs is 2. The minimum absolute atomic E-state index is 0.0748. The van der Waals surface area contributed by atoms with Crippen molar-refractivity contribution in [2.45, 2.75) is 17.4 Å². The molecule has 1 aliphatic heterocycles. The molecule has 1 aromatic carbocycles. The molecular weight excluding hydrogens is 330 g/mol. The summed E-state index contributed by atoms with van der Waals surface area (Å²) in [4.78, 5) is 26.9. The van der Waals surface area contributed by atoms with Crippen LogP contribution in [0.4, 0.5) is 5.95 Å². The summed E-state index contributed by atoms with van der Waals surface area (Å²) in [6, 6.07) is 7.99. The van der Waals surface area contributed by atoms with Gasteiger partial charge in [-0.2, -0.15) is 0 Å². The van der Waals surface area contributed by atoms with Gasteiger partial charge in [0.2, 0.25) is 11.9 Å². The Balaban J connectivity index is 1.41. The molecule has 0 radical (unpaired) electrons. The van der Waals surface area contributed by atoms with Gasteiger partial charge >= 0.3 is 0 Å². The number of anilines is 1. The Bertz CT molecular complexity index is 861. The van der Waals surface area contributed by atoms with Gasteiger partial charge in [0.05, 0.1) is 28.2 Å². The van der Waals surface area contributed by atoms with E-state index in [2.05, 4.69) is 15.0 Å². The highest BCUT2D eigenvalue weighted by Crippen LogP contribution is 2.30. The van der Waals surface area contributed by atoms with Gasteiger partial charge in [-0.3, -0.25) is 4.79 Å². The third-order valence-corrected chi connectivity index (χ3v) is 5.78. The van der Waals surface area contributed by atoms with Gasteiger partial charge in [0.25, 0.3) is 0 Å². The van der Waals surface area contributed by atoms with Crippen LogP contribution in [0.15, 0.2) is 34.8 Å². The van der Waals surface area contributed by atoms with Crippen LogP contribution in [0.5, 0.6) is 0 Å². The predicted octanol–water partition coefficient (Wildman–Crippen LogP) is 2.30. The molecule has 2 aromatic heterocycles. The van der Waals surface area contributed by atoms with Crippen LogP contribution < -0.4 is 5.73 Å². The number of amides is 1. The second-order valence-corrected chi connectivity index (χ2v) is 7.44. The second kappa shape index (κ2) is 5.78. The number of benzene rings is 1. The van der Waals surface area contributed by atoms with Crippen LogP contribution in [-0.4, -0.2) is 31.5 Å². The summed E-state index contributed by atoms with van der Waals surface area (Å²) in [5.41, 5.74) is 8.38. The zero-order chi connectivity index (χ0) is 15.8. The quantitative estimate of drug-likeness (QED) is 0.735. The molecule has 0 spiro atoms. The van der Waals surface area contributed by atoms with Crippen LogP contribution in [0.2, 0.25) is 0 Å². The average molecular weight is 343 g/mol. The van der Waals surface area contributed by atoms with Crippen molar-refractivity contribution in [3.05, 3.63) is 41.7 Å². The zero-order valence-electron chi connectivity index (χ0n) is 12.1. The van der Waals surface area contributed by atoms with Crippen molar-refractivity contribution in [1.82, 2.24) is 19.9 Å². The van der Waals surface area contributed by atoms with E-state index in [1.54, 1.807) is 22.4 Å². The van der Waals surface area contributed by atoms with Crippen molar-refractivity contribution < 1.29 is 4.79 Å². The topological polar surface area (TPSA) is 85.0 Å². The molecule has 23 heavy (non-hydrogen) atoms. The normalized spacial score (nSPS) is 13.5. The molecule has 0 bridgehead atoms. The van der Waals surface area contributed by atoms with E-state index < -0.39 is 0 Å². The SMILES string of the molecule is Nc1ncc2c(n1)CN(C(=O)CSc1nc3ccccc3s1)C2. The maximum absolute atomic E-state index is 12.4. The standard InChI is InChI=1S/C15H13N5OS2/c16-14-17-5-9-6-20(7-11(9)18-14)13(21)8-22-15-19-10-3-1-2-4-12(10)23-15/h1-5H,6-8H2,(H2,16,17,18). The third kappa shape index (κ3) is 2.87. The Kier molecular flexibility index (Phi) is 3.62. The lowest BCUT2D eigenvalue weighted by molar-refractivity contribution is -0.128. The lowest BCUT2D eigenvalue weighted by Gasteiger charge is -2.13. The van der Waals surface area contributed by atoms with E-state index in [1.807, 2.05) is 24.3 Å². The first kappa shape index (κ1) is 14.4. The number of hydrogen-bond acceptors (Lipinski definition) is 7. The second-order valence-electron chi connectivity index (χ2n) is 5.19. The lowest BCUT2D eigenvalue weighted by atomic mass is 10.3. The first-order valence-electron chi connectivity index (χ1n) is 7.05. The van der Waals surface area contributed by atoms with E-state index in [-0.39, 0.29) is 11.9 Å². The van der Waals surface area contributed by atoms with Crippen LogP contribution >= 0.6 is 23.1 Å². The van der Waals surface area contributed by atoms with Crippen molar-refractivity contribution >= 4 is 45.2 Å². The van der Waals surface area contributed by atoms with Crippen LogP contribution in [0.1, 0.15) is 11.3 Å². The van der Waals surface area contributed by atoms with Crippen molar-refractivity contribution in [1.29, 1.82) is 0 Å². The van der Waals surface area contributed by atoms with Crippen LogP contribution in [0.25, 0.3) is 10.2 Å². The number of nitrogens with zero attached hydrogens (tertiary/aromatic N) is 4. The summed E-state index contributed by atoms with van der Waals surface area (Å²) in [5.74, 6) is 0.698. The highest BCUT2D eigenvalue weighted by molar-refractivity contribution is 8.01. The lowest BCUT2D eigenvalue weighted by Crippen LogP contribution is -2.27. The van der Waals surface area contributed by atoms with E-state index in [4.69, 9.17) is 5.73 Å². The highest BCUT2D eigenvalue weighted by Gasteiger charge is 2.25. The molecule has 2 N–H and O–H groups in total. The Labute approximate surface area is 140 Å². The van der Waals surface area contributed by atoms with E-state index in [0.29, 0.717) is 18.8 Å². The summed E-state index contributed by atoms with van der Waals surface area (Å²) in [7, 11) is 0. The first-order valence-corrected chi connectivity index (χ1v) is 8.85. The molecule has 0 atom stereocenters. The summed E-state index contributed by atoms with van der Waals surface area (Å²) in [5, 5.41) is 0. The van der Waals surface area contributed by atoms with Crippen molar-refractivity contribution in [3.8, 4) is 0 Å². The monoisotopic (exact) mass is 343 g/mol. The van der Waals surface area contributed by atoms with Gasteiger partial charge in [0.1, 0.15) is 0 Å². The van der Waals surface area contributed by atoms with Crippen LogP contribution in [-0.2, 0) is 17.9 Å². The summed E-state index contributed by atoms with van der Waals surface area (Å²) < 4.78 is 2.06. The van der Waals surface area contributed by atoms with E-state index in [0.717, 1.165) is 25.8 Å². The van der Waals surface area contributed by atoms with Crippen LogP contribution in [0, 0.1) is 0 Å². The summed E-state index contributed by atoms with van der Waals surface area (Å²) in [6.07, 6.45) is 1.70. The summed E-state index contributed by atoms with van der Waals surface area (Å²) >= 11 is 3.09. The molecule has 3 heterocycles. The molecule has 0 aliphatic carbocycles. The molecule has 0 fully saturated rings. The molecule has 1 aliphatic rings. The van der Waals surface area contributed by atoms with Crippen LogP contribution in [0.3, 0.4) is 0 Å². The van der Waals surface area contributed by atoms with E-state index in [1.165, 1.54) is 11.8 Å². The number of rotatable bonds is 3. The number of thioether (sulfide) groups is 1. The van der Waals surface area contributed by atoms with Gasteiger partial charge in [-0.15, -0.1) is 11.3 Å². The fourth-order valence-corrected chi connectivity index (χ4v) is 4.44. The Morgan fingerprint density at radius 2 is 2.17 bits per heavy atom. The molecule has 1 amide bonds. The smallest absolute Gasteiger partial charge is 0.233 e. The third-order valence-electron chi connectivity index (χ3n) is 3.62. The Hall–Kier alpha value is -2.19. The Morgan fingerprint density at radius 3 is 3.04 bits per heavy atom. The van der Waals surface area contributed by atoms with Gasteiger partial charge in [-0.05, 0) is 12.1 Å². The van der Waals surface area contributed by atoms with Crippen molar-refractivity contribution in [2.75, 3.05) is 11.5 Å². The molecule has 0 unspecified atom stereocenters. The van der Waals surface area contributed by atoms with Gasteiger partial charge in [0.15, 0.2) is 4.34 Å². The number of carbonyl (C=O) groups excluding carboxylic acids is 1. The van der Waals surface area contributed by atoms with E-state index in [9.17, 15) is 4.79 Å². The molecule has 0 saturated carbocycles. The number of para-hydroxylation sites is 1. The number of hydrogen-bond donors (Lipinski definition) is 1. The average Bonchev–Trinajstić information content (AvgIpc) is 3.15. The predicted molar refractivity (Wildman–Crippen MR) is 91.0 cm³/mol. The molecule has 0 saturated heterocycles. The number of nitrogen functional groups attached to an aromatic ring is 1. The minimum atomic E-state index is 0.0748. The molecular formula is C15H13N5OS2. The number of nitrogens with two attached hydrogens (primary N) is 1. The number of thiazole rings is 1. The van der Waals surface area contributed by atoms with Gasteiger partial charge in [-0.25, -0.2) is 15.0 Å². The van der Waals surface area contributed by atoms with Crippen molar-refractivity contribution in [2.24, 2.45) is 0 Å². The van der Waals surface area contributed by atoms with Gasteiger partial charge in [0, 0.05) is 18.3 Å². The zero-order valence-corrected chi connectivity index (χ0v) is 13.7. The molecule has 4 rings (SSSR count). The molecule has 6 nitrogen and oxygen atoms in total.